The van der Waals surface area contributed by atoms with Crippen molar-refractivity contribution < 1.29 is 0 Å². The normalized spacial score (nSPS) is 33.0. The first-order chi connectivity index (χ1) is 7.75. The minimum atomic E-state index is 0.646. The van der Waals surface area contributed by atoms with E-state index in [0.29, 0.717) is 12.0 Å². The SMILES string of the molecule is CC1=CCC(C=NC2CCCCC2)C(C)C1. The van der Waals surface area contributed by atoms with Gasteiger partial charge in [-0.15, -0.1) is 0 Å². The van der Waals surface area contributed by atoms with Crippen molar-refractivity contribution in [2.75, 3.05) is 0 Å². The number of rotatable bonds is 2. The highest BCUT2D eigenvalue weighted by Gasteiger charge is 2.19. The van der Waals surface area contributed by atoms with Crippen molar-refractivity contribution >= 4 is 6.21 Å². The summed E-state index contributed by atoms with van der Waals surface area (Å²) in [5.74, 6) is 1.49. The molecule has 1 saturated carbocycles. The van der Waals surface area contributed by atoms with Crippen LogP contribution in [0.5, 0.6) is 0 Å². The van der Waals surface area contributed by atoms with Gasteiger partial charge in [0.2, 0.25) is 0 Å². The Morgan fingerprint density at radius 2 is 2.00 bits per heavy atom. The summed E-state index contributed by atoms with van der Waals surface area (Å²) in [6.07, 6.45) is 14.0. The molecule has 16 heavy (non-hydrogen) atoms. The second-order valence-corrected chi connectivity index (χ2v) is 5.72. The van der Waals surface area contributed by atoms with Gasteiger partial charge in [-0.1, -0.05) is 37.8 Å². The van der Waals surface area contributed by atoms with Gasteiger partial charge in [-0.3, -0.25) is 4.99 Å². The van der Waals surface area contributed by atoms with Crippen LogP contribution >= 0.6 is 0 Å². The average molecular weight is 219 g/mol. The van der Waals surface area contributed by atoms with Crippen LogP contribution in [0.2, 0.25) is 0 Å². The van der Waals surface area contributed by atoms with Gasteiger partial charge in [0.1, 0.15) is 0 Å². The molecule has 90 valence electrons. The number of nitrogens with zero attached hydrogens (tertiary/aromatic N) is 1. The molecule has 0 aliphatic heterocycles. The highest BCUT2D eigenvalue weighted by Crippen LogP contribution is 2.28. The predicted octanol–water partition coefficient (Wildman–Crippen LogP) is 4.38. The summed E-state index contributed by atoms with van der Waals surface area (Å²) in [6.45, 7) is 4.62. The average Bonchev–Trinajstić information content (AvgIpc) is 2.29. The summed E-state index contributed by atoms with van der Waals surface area (Å²) in [5, 5.41) is 0. The van der Waals surface area contributed by atoms with E-state index in [-0.39, 0.29) is 0 Å². The van der Waals surface area contributed by atoms with Gasteiger partial charge >= 0.3 is 0 Å². The van der Waals surface area contributed by atoms with Crippen molar-refractivity contribution in [3.8, 4) is 0 Å². The van der Waals surface area contributed by atoms with Gasteiger partial charge < -0.3 is 0 Å². The van der Waals surface area contributed by atoms with Crippen LogP contribution in [-0.4, -0.2) is 12.3 Å². The van der Waals surface area contributed by atoms with E-state index in [2.05, 4.69) is 26.1 Å². The van der Waals surface area contributed by atoms with E-state index in [9.17, 15) is 0 Å². The van der Waals surface area contributed by atoms with Gasteiger partial charge in [0.05, 0.1) is 0 Å². The molecule has 1 nitrogen and oxygen atoms in total. The molecule has 0 aromatic rings. The summed E-state index contributed by atoms with van der Waals surface area (Å²) in [7, 11) is 0. The second-order valence-electron chi connectivity index (χ2n) is 5.72. The molecule has 2 rings (SSSR count). The molecule has 0 aromatic heterocycles. The standard InChI is InChI=1S/C15H25N/c1-12-8-9-14(13(2)10-12)11-16-15-6-4-3-5-7-15/h8,11,13-15H,3-7,9-10H2,1-2H3. The van der Waals surface area contributed by atoms with Crippen LogP contribution in [-0.2, 0) is 0 Å². The maximum Gasteiger partial charge on any atom is 0.0495 e. The van der Waals surface area contributed by atoms with Crippen molar-refractivity contribution in [1.29, 1.82) is 0 Å². The zero-order chi connectivity index (χ0) is 11.4. The summed E-state index contributed by atoms with van der Waals surface area (Å²) in [6, 6.07) is 0.646. The number of allylic oxidation sites excluding steroid dienone is 2. The molecule has 0 spiro atoms. The number of hydrogen-bond donors (Lipinski definition) is 0. The molecule has 2 unspecified atom stereocenters. The third-order valence-electron chi connectivity index (χ3n) is 4.18. The fourth-order valence-corrected chi connectivity index (χ4v) is 2.98. The lowest BCUT2D eigenvalue weighted by atomic mass is 9.82. The third-order valence-corrected chi connectivity index (χ3v) is 4.18. The summed E-state index contributed by atoms with van der Waals surface area (Å²) in [5.41, 5.74) is 1.56. The van der Waals surface area contributed by atoms with Crippen LogP contribution in [0.3, 0.4) is 0 Å². The molecular formula is C15H25N. The number of aliphatic imine (C=N–C) groups is 1. The van der Waals surface area contributed by atoms with Crippen LogP contribution in [0.15, 0.2) is 16.6 Å². The van der Waals surface area contributed by atoms with Crippen LogP contribution < -0.4 is 0 Å². The Bertz CT molecular complexity index is 271. The van der Waals surface area contributed by atoms with Crippen molar-refractivity contribution in [2.45, 2.75) is 64.8 Å². The topological polar surface area (TPSA) is 12.4 Å². The van der Waals surface area contributed by atoms with Crippen molar-refractivity contribution in [1.82, 2.24) is 0 Å². The fraction of sp³-hybridized carbons (Fsp3) is 0.800. The van der Waals surface area contributed by atoms with Gasteiger partial charge in [0, 0.05) is 18.2 Å². The first-order valence-electron chi connectivity index (χ1n) is 6.94. The van der Waals surface area contributed by atoms with Crippen LogP contribution in [0.1, 0.15) is 58.8 Å². The zero-order valence-electron chi connectivity index (χ0n) is 10.8. The van der Waals surface area contributed by atoms with E-state index in [1.807, 2.05) is 0 Å². The monoisotopic (exact) mass is 219 g/mol. The molecule has 1 fully saturated rings. The van der Waals surface area contributed by atoms with Crippen molar-refractivity contribution in [2.24, 2.45) is 16.8 Å². The molecule has 2 aliphatic carbocycles. The number of hydrogen-bond acceptors (Lipinski definition) is 1. The van der Waals surface area contributed by atoms with Gasteiger partial charge in [-0.2, -0.15) is 0 Å². The Labute approximate surface area is 100 Å². The van der Waals surface area contributed by atoms with Crippen molar-refractivity contribution in [3.05, 3.63) is 11.6 Å². The Balaban J connectivity index is 1.86. The highest BCUT2D eigenvalue weighted by molar-refractivity contribution is 5.62. The predicted molar refractivity (Wildman–Crippen MR) is 71.0 cm³/mol. The maximum atomic E-state index is 4.83. The van der Waals surface area contributed by atoms with Crippen LogP contribution in [0, 0.1) is 11.8 Å². The van der Waals surface area contributed by atoms with E-state index in [0.717, 1.165) is 5.92 Å². The molecular weight excluding hydrogens is 194 g/mol. The van der Waals surface area contributed by atoms with E-state index < -0.39 is 0 Å². The summed E-state index contributed by atoms with van der Waals surface area (Å²) >= 11 is 0. The lowest BCUT2D eigenvalue weighted by Crippen LogP contribution is -2.19. The molecule has 2 atom stereocenters. The van der Waals surface area contributed by atoms with Gasteiger partial charge in [-0.25, -0.2) is 0 Å². The molecule has 0 heterocycles. The Hall–Kier alpha value is -0.590. The molecule has 2 aliphatic rings. The quantitative estimate of drug-likeness (QED) is 0.482. The fourth-order valence-electron chi connectivity index (χ4n) is 2.98. The lowest BCUT2D eigenvalue weighted by Gasteiger charge is -2.25. The smallest absolute Gasteiger partial charge is 0.0495 e. The van der Waals surface area contributed by atoms with E-state index in [1.165, 1.54) is 44.9 Å². The van der Waals surface area contributed by atoms with Crippen molar-refractivity contribution in [3.63, 3.8) is 0 Å². The van der Waals surface area contributed by atoms with E-state index in [4.69, 9.17) is 4.99 Å². The Morgan fingerprint density at radius 3 is 2.69 bits per heavy atom. The Morgan fingerprint density at radius 1 is 1.25 bits per heavy atom. The van der Waals surface area contributed by atoms with Gasteiger partial charge in [-0.05, 0) is 38.5 Å². The summed E-state index contributed by atoms with van der Waals surface area (Å²) < 4.78 is 0. The van der Waals surface area contributed by atoms with Crippen LogP contribution in [0.4, 0.5) is 0 Å². The van der Waals surface area contributed by atoms with E-state index in [1.54, 1.807) is 5.57 Å². The molecule has 0 aromatic carbocycles. The van der Waals surface area contributed by atoms with Gasteiger partial charge in [0.25, 0.3) is 0 Å². The highest BCUT2D eigenvalue weighted by atomic mass is 14.8. The second kappa shape index (κ2) is 5.65. The minimum Gasteiger partial charge on any atom is -0.294 e. The first kappa shape index (κ1) is 11.9. The molecule has 0 saturated heterocycles. The Kier molecular flexibility index (Phi) is 4.20. The molecule has 0 N–H and O–H groups in total. The van der Waals surface area contributed by atoms with Crippen LogP contribution in [0.25, 0.3) is 0 Å². The van der Waals surface area contributed by atoms with Gasteiger partial charge in [0.15, 0.2) is 0 Å². The zero-order valence-corrected chi connectivity index (χ0v) is 10.8. The third kappa shape index (κ3) is 3.20. The molecule has 0 bridgehead atoms. The minimum absolute atomic E-state index is 0.646. The largest absolute Gasteiger partial charge is 0.294 e. The maximum absolute atomic E-state index is 4.83. The summed E-state index contributed by atoms with van der Waals surface area (Å²) in [4.78, 5) is 4.83. The molecule has 1 heteroatoms. The molecule has 0 radical (unpaired) electrons. The van der Waals surface area contributed by atoms with E-state index >= 15 is 0 Å². The lowest BCUT2D eigenvalue weighted by molar-refractivity contribution is 0.422. The molecule has 0 amide bonds. The first-order valence-corrected chi connectivity index (χ1v) is 6.94.